The van der Waals surface area contributed by atoms with E-state index in [0.717, 1.165) is 43.9 Å². The van der Waals surface area contributed by atoms with E-state index in [1.54, 1.807) is 0 Å². The fourth-order valence-electron chi connectivity index (χ4n) is 4.15. The zero-order valence-corrected chi connectivity index (χ0v) is 18.4. The van der Waals surface area contributed by atoms with Gasteiger partial charge in [-0.15, -0.1) is 0 Å². The molecule has 3 nitrogen and oxygen atoms in total. The number of allylic oxidation sites excluding steroid dienone is 3. The van der Waals surface area contributed by atoms with Gasteiger partial charge in [-0.25, -0.2) is 0 Å². The molecule has 0 radical (unpaired) electrons. The van der Waals surface area contributed by atoms with Crippen molar-refractivity contribution in [1.82, 2.24) is 5.32 Å². The molecule has 6 rings (SSSR count). The second-order valence-electron chi connectivity index (χ2n) is 6.88. The fraction of sp³-hybridized carbons (Fsp3) is 0.100. The van der Waals surface area contributed by atoms with E-state index in [1.165, 1.54) is 18.8 Å². The van der Waals surface area contributed by atoms with Gasteiger partial charge in [0.25, 0.3) is 0 Å². The van der Waals surface area contributed by atoms with Crippen molar-refractivity contribution in [2.75, 3.05) is 0 Å². The van der Waals surface area contributed by atoms with Gasteiger partial charge in [0.2, 0.25) is 0 Å². The Hall–Kier alpha value is -1.93. The number of benzene rings is 2. The summed E-state index contributed by atoms with van der Waals surface area (Å²) in [4.78, 5) is 24.3. The summed E-state index contributed by atoms with van der Waals surface area (Å²) in [6, 6.07) is 13.3. The van der Waals surface area contributed by atoms with Gasteiger partial charge in [-0.1, -0.05) is 0 Å². The van der Waals surface area contributed by atoms with Crippen molar-refractivity contribution in [2.45, 2.75) is 12.6 Å². The number of carbonyl (C=O) groups excluding carboxylic acids is 2. The third kappa shape index (κ3) is 2.69. The molecule has 0 unspecified atom stereocenters. The predicted octanol–water partition coefficient (Wildman–Crippen LogP) is 3.75. The summed E-state index contributed by atoms with van der Waals surface area (Å²) in [5.74, 6) is -0.328. The molecule has 0 atom stereocenters. The molecule has 2 aromatic rings. The summed E-state index contributed by atoms with van der Waals surface area (Å²) < 4.78 is 42.0. The number of alkyl halides is 3. The summed E-state index contributed by atoms with van der Waals surface area (Å²) in [5.41, 5.74) is 2.35. The van der Waals surface area contributed by atoms with Crippen LogP contribution in [0.5, 0.6) is 0 Å². The Morgan fingerprint density at radius 2 is 1.71 bits per heavy atom. The molecule has 0 aromatic heterocycles. The van der Waals surface area contributed by atoms with Crippen LogP contribution < -0.4 is 8.64 Å². The van der Waals surface area contributed by atoms with Crippen LogP contribution in [-0.4, -0.2) is 32.6 Å². The zero-order valence-electron chi connectivity index (χ0n) is 14.3. The van der Waals surface area contributed by atoms with Crippen molar-refractivity contribution < 1.29 is 22.8 Å². The van der Waals surface area contributed by atoms with Gasteiger partial charge in [0.1, 0.15) is 0 Å². The molecule has 2 aromatic carbocycles. The van der Waals surface area contributed by atoms with E-state index in [9.17, 15) is 22.8 Å². The van der Waals surface area contributed by atoms with Crippen LogP contribution in [-0.2, 0) is 17.4 Å². The van der Waals surface area contributed by atoms with Crippen molar-refractivity contribution in [2.24, 2.45) is 0 Å². The summed E-state index contributed by atoms with van der Waals surface area (Å²) in [5, 5.41) is 1.98. The van der Waals surface area contributed by atoms with Crippen molar-refractivity contribution in [3.63, 3.8) is 0 Å². The Kier molecular flexibility index (Phi) is 4.07. The number of nitrogens with one attached hydrogen (secondary N) is 1. The monoisotopic (exact) mass is 501 g/mol. The topological polar surface area (TPSA) is 46.2 Å². The predicted molar refractivity (Wildman–Crippen MR) is 102 cm³/mol. The molecule has 0 saturated carbocycles. The number of hydrogen-bond acceptors (Lipinski definition) is 3. The quantitative estimate of drug-likeness (QED) is 0.639. The first-order valence-electron chi connectivity index (χ1n) is 8.61. The average molecular weight is 501 g/mol. The Balaban J connectivity index is 1.54. The summed E-state index contributed by atoms with van der Waals surface area (Å²) in [6.07, 6.45) is -3.75. The Labute approximate surface area is 170 Å². The third-order valence-corrected chi connectivity index (χ3v) is 16.7. The van der Waals surface area contributed by atoms with E-state index < -0.39 is 33.2 Å². The Morgan fingerprint density at radius 3 is 2.32 bits per heavy atom. The SMILES string of the molecule is O=C1NC(=O)/C(=[C]2\C3=[C](Cc4ccc(C(F)(F)F)cc4)[In]2[c]2ccccc23)S1. The number of hydrogen-bond donors (Lipinski definition) is 1. The van der Waals surface area contributed by atoms with Crippen LogP contribution in [0.3, 0.4) is 0 Å². The molecule has 2 bridgehead atoms. The summed E-state index contributed by atoms with van der Waals surface area (Å²) in [7, 11) is 0. The fourth-order valence-corrected chi connectivity index (χ4v) is 16.7. The van der Waals surface area contributed by atoms with E-state index in [0.29, 0.717) is 11.3 Å². The summed E-state index contributed by atoms with van der Waals surface area (Å²) >= 11 is -1.66. The second-order valence-corrected chi connectivity index (χ2v) is 15.7. The van der Waals surface area contributed by atoms with Crippen LogP contribution in [0.1, 0.15) is 16.7 Å². The van der Waals surface area contributed by atoms with Gasteiger partial charge in [0.05, 0.1) is 0 Å². The van der Waals surface area contributed by atoms with Crippen molar-refractivity contribution in [3.05, 3.63) is 76.8 Å². The second kappa shape index (κ2) is 6.29. The van der Waals surface area contributed by atoms with E-state index in [-0.39, 0.29) is 11.1 Å². The van der Waals surface area contributed by atoms with Gasteiger partial charge < -0.3 is 0 Å². The number of amides is 2. The number of thioether (sulfide) groups is 1. The van der Waals surface area contributed by atoms with E-state index >= 15 is 0 Å². The van der Waals surface area contributed by atoms with Crippen LogP contribution in [0, 0.1) is 0 Å². The maximum atomic E-state index is 12.8. The number of carbonyl (C=O) groups is 2. The molecular formula is C20H11F3InNO2S. The van der Waals surface area contributed by atoms with Crippen molar-refractivity contribution in [3.8, 4) is 0 Å². The molecule has 4 aliphatic rings. The molecule has 1 N–H and O–H groups in total. The molecule has 2 amide bonds. The number of imide groups is 1. The number of halogens is 3. The molecule has 28 heavy (non-hydrogen) atoms. The van der Waals surface area contributed by atoms with Gasteiger partial charge in [-0.2, -0.15) is 0 Å². The standard InChI is InChI=1S/C20H11F3NO2S.In/c21-20(22,23)16-10-7-13(8-11-16)6-9-15(14-4-2-1-3-5-14)12-17-18(25)24-19(26)27-17;/h1-4,7-8,10-11H,6H2,(H,24,25,26);. The minimum absolute atomic E-state index is 0.328. The van der Waals surface area contributed by atoms with E-state index in [1.807, 2.05) is 18.2 Å². The Morgan fingerprint density at radius 1 is 1.00 bits per heavy atom. The van der Waals surface area contributed by atoms with Crippen LogP contribution >= 0.6 is 11.8 Å². The van der Waals surface area contributed by atoms with Gasteiger partial charge >= 0.3 is 171 Å². The van der Waals surface area contributed by atoms with Crippen molar-refractivity contribution >= 4 is 53.2 Å². The molecule has 1 fully saturated rings. The molecule has 4 aliphatic heterocycles. The molecule has 138 valence electrons. The molecule has 1 saturated heterocycles. The maximum absolute atomic E-state index is 12.8. The average Bonchev–Trinajstić information content (AvgIpc) is 3.26. The van der Waals surface area contributed by atoms with Crippen LogP contribution in [0.4, 0.5) is 18.0 Å². The minimum atomic E-state index is -4.34. The first kappa shape index (κ1) is 18.1. The van der Waals surface area contributed by atoms with Gasteiger partial charge in [0.15, 0.2) is 0 Å². The first-order valence-corrected chi connectivity index (χ1v) is 14.4. The van der Waals surface area contributed by atoms with Crippen LogP contribution in [0.25, 0.3) is 5.57 Å². The molecular weight excluding hydrogens is 490 g/mol. The Bertz CT molecular complexity index is 1120. The van der Waals surface area contributed by atoms with E-state index in [2.05, 4.69) is 11.4 Å². The van der Waals surface area contributed by atoms with Crippen molar-refractivity contribution in [1.29, 1.82) is 0 Å². The van der Waals surface area contributed by atoms with Crippen LogP contribution in [0.15, 0.2) is 60.1 Å². The van der Waals surface area contributed by atoms with E-state index in [4.69, 9.17) is 0 Å². The molecule has 8 heteroatoms. The zero-order chi connectivity index (χ0) is 19.6. The van der Waals surface area contributed by atoms with Gasteiger partial charge in [-0.05, 0) is 0 Å². The van der Waals surface area contributed by atoms with Gasteiger partial charge in [-0.3, -0.25) is 0 Å². The number of rotatable bonds is 2. The molecule has 4 heterocycles. The summed E-state index contributed by atoms with van der Waals surface area (Å²) in [6.45, 7) is 0. The third-order valence-electron chi connectivity index (χ3n) is 5.31. The molecule has 0 spiro atoms. The van der Waals surface area contributed by atoms with Gasteiger partial charge in [0, 0.05) is 0 Å². The molecule has 0 aliphatic carbocycles. The van der Waals surface area contributed by atoms with Crippen LogP contribution in [0.2, 0.25) is 0 Å². The normalized spacial score (nSPS) is 20.5. The first-order chi connectivity index (χ1) is 13.3.